The van der Waals surface area contributed by atoms with Gasteiger partial charge >= 0.3 is 5.97 Å². The Balaban J connectivity index is 2.34. The number of hydrogen-bond acceptors (Lipinski definition) is 2. The summed E-state index contributed by atoms with van der Waals surface area (Å²) in [6.07, 6.45) is 0.311. The summed E-state index contributed by atoms with van der Waals surface area (Å²) in [5.74, 6) is -4.64. The summed E-state index contributed by atoms with van der Waals surface area (Å²) < 4.78 is 25.7. The Hall–Kier alpha value is -1.65. The Labute approximate surface area is 84.0 Å². The van der Waals surface area contributed by atoms with Gasteiger partial charge in [-0.3, -0.25) is 4.79 Å². The molecule has 0 amide bonds. The van der Waals surface area contributed by atoms with Crippen molar-refractivity contribution in [1.82, 2.24) is 0 Å². The molecule has 0 aliphatic heterocycles. The van der Waals surface area contributed by atoms with Gasteiger partial charge in [0, 0.05) is 17.5 Å². The van der Waals surface area contributed by atoms with E-state index in [1.54, 1.807) is 0 Å². The van der Waals surface area contributed by atoms with Crippen molar-refractivity contribution in [2.45, 2.75) is 12.3 Å². The van der Waals surface area contributed by atoms with E-state index < -0.39 is 35.2 Å². The topological polar surface area (TPSA) is 57.5 Å². The maximum absolute atomic E-state index is 12.9. The van der Waals surface area contributed by atoms with Crippen LogP contribution in [0.5, 0.6) is 5.75 Å². The van der Waals surface area contributed by atoms with Gasteiger partial charge in [0.25, 0.3) is 0 Å². The molecule has 1 aliphatic rings. The van der Waals surface area contributed by atoms with Crippen LogP contribution in [0.2, 0.25) is 0 Å². The molecular weight excluding hydrogens is 206 g/mol. The van der Waals surface area contributed by atoms with E-state index >= 15 is 0 Å². The van der Waals surface area contributed by atoms with Gasteiger partial charge in [-0.05, 0) is 12.5 Å². The molecule has 0 unspecified atom stereocenters. The number of hydrogen-bond donors (Lipinski definition) is 2. The maximum atomic E-state index is 12.9. The van der Waals surface area contributed by atoms with Crippen molar-refractivity contribution >= 4 is 5.97 Å². The molecule has 2 N–H and O–H groups in total. The molecule has 1 saturated carbocycles. The normalized spacial score (nSPS) is 23.9. The molecule has 0 radical (unpaired) electrons. The van der Waals surface area contributed by atoms with Crippen LogP contribution in [0.25, 0.3) is 0 Å². The standard InChI is InChI=1S/C10H8F2O3/c11-4-1-6(9(13)8(12)2-4)5-3-7(5)10(14)15/h1-2,5,7,13H,3H2,(H,14,15)/t5-,7+/m0/s1. The smallest absolute Gasteiger partial charge is 0.307 e. The number of rotatable bonds is 2. The van der Waals surface area contributed by atoms with Crippen LogP contribution in [0.1, 0.15) is 17.9 Å². The zero-order valence-corrected chi connectivity index (χ0v) is 7.58. The van der Waals surface area contributed by atoms with E-state index in [0.29, 0.717) is 12.5 Å². The van der Waals surface area contributed by atoms with Gasteiger partial charge in [-0.25, -0.2) is 8.78 Å². The predicted molar refractivity (Wildman–Crippen MR) is 46.5 cm³/mol. The second kappa shape index (κ2) is 3.18. The first-order valence-corrected chi connectivity index (χ1v) is 4.41. The van der Waals surface area contributed by atoms with Gasteiger partial charge in [-0.15, -0.1) is 0 Å². The van der Waals surface area contributed by atoms with Gasteiger partial charge in [-0.1, -0.05) is 0 Å². The van der Waals surface area contributed by atoms with Crippen LogP contribution in [0.4, 0.5) is 8.78 Å². The minimum atomic E-state index is -1.05. The molecular formula is C10H8F2O3. The lowest BCUT2D eigenvalue weighted by Crippen LogP contribution is -1.99. The minimum absolute atomic E-state index is 0.0416. The van der Waals surface area contributed by atoms with Crippen molar-refractivity contribution < 1.29 is 23.8 Å². The molecule has 1 aliphatic carbocycles. The number of aromatic hydroxyl groups is 1. The van der Waals surface area contributed by atoms with Gasteiger partial charge in [0.05, 0.1) is 5.92 Å². The molecule has 1 fully saturated rings. The highest BCUT2D eigenvalue weighted by Gasteiger charge is 2.46. The summed E-state index contributed by atoms with van der Waals surface area (Å²) >= 11 is 0. The van der Waals surface area contributed by atoms with E-state index in [4.69, 9.17) is 5.11 Å². The second-order valence-electron chi connectivity index (χ2n) is 3.61. The summed E-state index contributed by atoms with van der Waals surface area (Å²) in [4.78, 5) is 10.6. The van der Waals surface area contributed by atoms with Crippen molar-refractivity contribution in [3.05, 3.63) is 29.3 Å². The summed E-state index contributed by atoms with van der Waals surface area (Å²) in [6, 6.07) is 1.54. The third kappa shape index (κ3) is 1.65. The molecule has 0 spiro atoms. The number of carboxylic acid groups (broad SMARTS) is 1. The summed E-state index contributed by atoms with van der Waals surface area (Å²) in [6.45, 7) is 0. The highest BCUT2D eigenvalue weighted by molar-refractivity contribution is 5.75. The average Bonchev–Trinajstić information content (AvgIpc) is 2.90. The monoisotopic (exact) mass is 214 g/mol. The lowest BCUT2D eigenvalue weighted by Gasteiger charge is -2.04. The van der Waals surface area contributed by atoms with Crippen molar-refractivity contribution in [3.8, 4) is 5.75 Å². The molecule has 1 aromatic carbocycles. The fraction of sp³-hybridized carbons (Fsp3) is 0.300. The molecule has 0 saturated heterocycles. The number of phenols is 1. The van der Waals surface area contributed by atoms with Crippen LogP contribution >= 0.6 is 0 Å². The van der Waals surface area contributed by atoms with Crippen LogP contribution in [0.3, 0.4) is 0 Å². The van der Waals surface area contributed by atoms with Gasteiger partial charge in [0.15, 0.2) is 11.6 Å². The van der Waals surface area contributed by atoms with Gasteiger partial charge in [0.2, 0.25) is 0 Å². The third-order valence-corrected chi connectivity index (χ3v) is 2.56. The maximum Gasteiger partial charge on any atom is 0.307 e. The highest BCUT2D eigenvalue weighted by Crippen LogP contribution is 2.50. The number of carbonyl (C=O) groups is 1. The van der Waals surface area contributed by atoms with Gasteiger partial charge in [-0.2, -0.15) is 0 Å². The van der Waals surface area contributed by atoms with Crippen LogP contribution in [-0.2, 0) is 4.79 Å². The lowest BCUT2D eigenvalue weighted by atomic mass is 10.1. The van der Waals surface area contributed by atoms with E-state index in [1.807, 2.05) is 0 Å². The lowest BCUT2D eigenvalue weighted by molar-refractivity contribution is -0.138. The van der Waals surface area contributed by atoms with E-state index in [-0.39, 0.29) is 5.56 Å². The molecule has 2 rings (SSSR count). The van der Waals surface area contributed by atoms with Crippen LogP contribution < -0.4 is 0 Å². The number of halogens is 2. The molecule has 80 valence electrons. The number of phenolic OH excluding ortho intramolecular Hbond substituents is 1. The number of benzene rings is 1. The minimum Gasteiger partial charge on any atom is -0.505 e. The van der Waals surface area contributed by atoms with Crippen LogP contribution in [0.15, 0.2) is 12.1 Å². The molecule has 0 heterocycles. The molecule has 2 atom stereocenters. The molecule has 15 heavy (non-hydrogen) atoms. The summed E-state index contributed by atoms with van der Waals surface area (Å²) in [5.41, 5.74) is 0.0416. The fourth-order valence-corrected chi connectivity index (χ4v) is 1.68. The van der Waals surface area contributed by atoms with Crippen molar-refractivity contribution in [1.29, 1.82) is 0 Å². The van der Waals surface area contributed by atoms with E-state index in [1.165, 1.54) is 0 Å². The van der Waals surface area contributed by atoms with Gasteiger partial charge < -0.3 is 10.2 Å². The van der Waals surface area contributed by atoms with Crippen LogP contribution in [0, 0.1) is 17.6 Å². The summed E-state index contributed by atoms with van der Waals surface area (Å²) in [7, 11) is 0. The Kier molecular flexibility index (Phi) is 2.10. The van der Waals surface area contributed by atoms with E-state index in [9.17, 15) is 18.7 Å². The van der Waals surface area contributed by atoms with Crippen molar-refractivity contribution in [3.63, 3.8) is 0 Å². The van der Waals surface area contributed by atoms with Gasteiger partial charge in [0.1, 0.15) is 5.82 Å². The zero-order chi connectivity index (χ0) is 11.2. The molecule has 1 aromatic rings. The van der Waals surface area contributed by atoms with E-state index in [0.717, 1.165) is 6.07 Å². The average molecular weight is 214 g/mol. The van der Waals surface area contributed by atoms with E-state index in [2.05, 4.69) is 0 Å². The number of aliphatic carboxylic acids is 1. The third-order valence-electron chi connectivity index (χ3n) is 2.56. The molecule has 0 bridgehead atoms. The Morgan fingerprint density at radius 1 is 1.40 bits per heavy atom. The van der Waals surface area contributed by atoms with Crippen molar-refractivity contribution in [2.24, 2.45) is 5.92 Å². The predicted octanol–water partition coefficient (Wildman–Crippen LogP) is 1.86. The molecule has 0 aromatic heterocycles. The first-order valence-electron chi connectivity index (χ1n) is 4.41. The van der Waals surface area contributed by atoms with Crippen LogP contribution in [-0.4, -0.2) is 16.2 Å². The first-order chi connectivity index (χ1) is 7.00. The number of carboxylic acids is 1. The largest absolute Gasteiger partial charge is 0.505 e. The zero-order valence-electron chi connectivity index (χ0n) is 7.58. The Morgan fingerprint density at radius 3 is 2.60 bits per heavy atom. The quantitative estimate of drug-likeness (QED) is 0.789. The Morgan fingerprint density at radius 2 is 2.07 bits per heavy atom. The first kappa shape index (κ1) is 9.89. The summed E-state index contributed by atoms with van der Waals surface area (Å²) in [5, 5.41) is 17.9. The fourth-order valence-electron chi connectivity index (χ4n) is 1.68. The molecule has 3 nitrogen and oxygen atoms in total. The molecule has 5 heteroatoms. The second-order valence-corrected chi connectivity index (χ2v) is 3.61. The van der Waals surface area contributed by atoms with Crippen molar-refractivity contribution in [2.75, 3.05) is 0 Å². The Bertz CT molecular complexity index is 431. The SMILES string of the molecule is O=C(O)[C@@H]1C[C@H]1c1cc(F)cc(F)c1O. The highest BCUT2D eigenvalue weighted by atomic mass is 19.1.